The second-order valence-corrected chi connectivity index (χ2v) is 32.4. The third-order valence-electron chi connectivity index (χ3n) is 20.9. The van der Waals surface area contributed by atoms with Crippen LogP contribution in [0.15, 0.2) is 259 Å². The highest BCUT2D eigenvalue weighted by Gasteiger charge is 2.64. The SMILES string of the molecule is Brc1cccc(-c2cccc(-c3ccc(-c4nc(-c5ccccc5)c5sc6ccccc6c5n4)cc3)c2)c1.CC1(C)OB(B2OC(C)(C)C(C)(C)O2)OC1(C)C.CC1(C)OB(c2cccc(-c3cccc(-c4ccc(-c5nc(-c6ccccc6)c6sc7ccccc7c6n5)cc4)c3)c2)OC1(C)C. The normalized spacial score (nSPS) is 16.9. The molecule has 0 spiro atoms. The average Bonchev–Trinajstić information content (AvgIpc) is 1.59. The van der Waals surface area contributed by atoms with E-state index in [-0.39, 0.29) is 33.6 Å². The molecular weight excluding hydrogens is 1360 g/mol. The number of benzene rings is 10. The first kappa shape index (κ1) is 69.0. The highest BCUT2D eigenvalue weighted by atomic mass is 79.9. The van der Waals surface area contributed by atoms with Crippen molar-refractivity contribution in [2.24, 2.45) is 0 Å². The summed E-state index contributed by atoms with van der Waals surface area (Å²) >= 11 is 7.10. The van der Waals surface area contributed by atoms with E-state index < -0.39 is 21.1 Å². The minimum atomic E-state index is -0.476. The summed E-state index contributed by atoms with van der Waals surface area (Å²) in [7, 11) is -1.34. The Kier molecular flexibility index (Phi) is 18.3. The van der Waals surface area contributed by atoms with Crippen LogP contribution >= 0.6 is 38.6 Å². The maximum absolute atomic E-state index is 6.32. The van der Waals surface area contributed by atoms with Crippen LogP contribution in [0, 0.1) is 0 Å². The van der Waals surface area contributed by atoms with Gasteiger partial charge in [-0.15, -0.1) is 22.7 Å². The molecule has 10 nitrogen and oxygen atoms in total. The first-order chi connectivity index (χ1) is 48.9. The van der Waals surface area contributed by atoms with Gasteiger partial charge in [0, 0.05) is 46.9 Å². The van der Waals surface area contributed by atoms with Crippen molar-refractivity contribution in [3.63, 3.8) is 0 Å². The van der Waals surface area contributed by atoms with Gasteiger partial charge in [-0.05, 0) is 169 Å². The van der Waals surface area contributed by atoms with Crippen molar-refractivity contribution >= 4 is 106 Å². The number of thiophene rings is 2. The maximum Gasteiger partial charge on any atom is 0.494 e. The summed E-state index contributed by atoms with van der Waals surface area (Å²) in [5.74, 6) is 1.48. The minimum Gasteiger partial charge on any atom is -0.405 e. The second kappa shape index (κ2) is 27.1. The molecule has 7 heterocycles. The standard InChI is InChI=1S/C40H33BN2O2S.C34H21BrN2S.C12H24B2O4/c1-39(2)40(3,4)45-41(44-39)32-17-11-16-31(25-32)30-15-10-14-29(24-30)26-20-22-28(23-21-26)38-42-35(27-12-6-5-7-13-27)37-36(43-38)33-18-8-9-19-34(33)46-37;35-28-13-7-12-27(21-28)26-11-6-10-25(20-26)22-16-18-24(19-17-22)34-36-31(23-8-2-1-3-9-23)33-32(37-34)29-14-4-5-15-30(29)38-33;1-9(2)10(3,4)16-13(15-9)14-17-11(5,6)12(7,8)18-14/h5-25H,1-4H3;1-21H;1-8H3. The number of aromatic nitrogens is 4. The monoisotopic (exact) mass is 1440 g/mol. The molecule has 0 saturated carbocycles. The maximum atomic E-state index is 6.32. The summed E-state index contributed by atoms with van der Waals surface area (Å²) in [4.78, 5) is 20.4. The molecular formula is C86H78B3BrN4O6S2. The van der Waals surface area contributed by atoms with E-state index in [0.29, 0.717) is 0 Å². The lowest BCUT2D eigenvalue weighted by atomic mass is 9.49. The number of halogens is 1. The Morgan fingerprint density at radius 2 is 0.598 bits per heavy atom. The van der Waals surface area contributed by atoms with Crippen LogP contribution in [0.2, 0.25) is 0 Å². The Balaban J connectivity index is 0.000000135. The van der Waals surface area contributed by atoms with Crippen LogP contribution in [-0.4, -0.2) is 74.7 Å². The molecule has 3 aliphatic heterocycles. The van der Waals surface area contributed by atoms with Crippen molar-refractivity contribution in [2.45, 2.75) is 117 Å². The molecule has 4 aromatic heterocycles. The summed E-state index contributed by atoms with van der Waals surface area (Å²) < 4.78 is 42.3. The molecule has 3 fully saturated rings. The molecule has 0 unspecified atom stereocenters. The topological polar surface area (TPSA) is 107 Å². The lowest BCUT2D eigenvalue weighted by Crippen LogP contribution is -2.41. The summed E-state index contributed by atoms with van der Waals surface area (Å²) in [6.45, 7) is 24.6. The van der Waals surface area contributed by atoms with Crippen molar-refractivity contribution in [3.05, 3.63) is 259 Å². The van der Waals surface area contributed by atoms with Gasteiger partial charge in [-0.1, -0.05) is 234 Å². The zero-order valence-electron chi connectivity index (χ0n) is 59.4. The molecule has 0 atom stereocenters. The molecule has 0 bridgehead atoms. The number of nitrogens with zero attached hydrogens (tertiary/aromatic N) is 4. The molecule has 10 aromatic carbocycles. The van der Waals surface area contributed by atoms with E-state index in [1.807, 2.05) is 73.6 Å². The van der Waals surface area contributed by atoms with Crippen LogP contribution in [-0.2, 0) is 27.9 Å². The first-order valence-corrected chi connectivity index (χ1v) is 37.1. The van der Waals surface area contributed by atoms with Crippen LogP contribution in [0.5, 0.6) is 0 Å². The molecule has 3 saturated heterocycles. The van der Waals surface area contributed by atoms with E-state index >= 15 is 0 Å². The van der Waals surface area contributed by atoms with Crippen LogP contribution in [0.1, 0.15) is 83.1 Å². The Bertz CT molecular complexity index is 5360. The van der Waals surface area contributed by atoms with E-state index in [2.05, 4.69) is 280 Å². The largest absolute Gasteiger partial charge is 0.494 e. The van der Waals surface area contributed by atoms with E-state index in [1.54, 1.807) is 22.7 Å². The molecule has 16 heteroatoms. The Labute approximate surface area is 615 Å². The Morgan fingerprint density at radius 1 is 0.284 bits per heavy atom. The molecule has 0 amide bonds. The number of rotatable bonds is 10. The van der Waals surface area contributed by atoms with Crippen LogP contribution in [0.3, 0.4) is 0 Å². The number of hydrogen-bond donors (Lipinski definition) is 0. The van der Waals surface area contributed by atoms with Gasteiger partial charge in [-0.25, -0.2) is 19.9 Å². The molecule has 17 rings (SSSR count). The predicted molar refractivity (Wildman–Crippen MR) is 429 cm³/mol. The first-order valence-electron chi connectivity index (χ1n) is 34.7. The van der Waals surface area contributed by atoms with Crippen molar-refractivity contribution in [1.82, 2.24) is 19.9 Å². The van der Waals surface area contributed by atoms with E-state index in [4.69, 9.17) is 47.9 Å². The van der Waals surface area contributed by atoms with Gasteiger partial charge >= 0.3 is 21.1 Å². The minimum absolute atomic E-state index is 0.360. The molecule has 3 aliphatic rings. The Morgan fingerprint density at radius 3 is 1.00 bits per heavy atom. The van der Waals surface area contributed by atoms with E-state index in [0.717, 1.165) is 103 Å². The third-order valence-corrected chi connectivity index (χ3v) is 23.7. The van der Waals surface area contributed by atoms with Gasteiger partial charge in [0.25, 0.3) is 0 Å². The van der Waals surface area contributed by atoms with Gasteiger partial charge in [0.2, 0.25) is 0 Å². The van der Waals surface area contributed by atoms with Crippen molar-refractivity contribution < 1.29 is 27.9 Å². The van der Waals surface area contributed by atoms with Crippen LogP contribution in [0.25, 0.3) is 130 Å². The highest BCUT2D eigenvalue weighted by Crippen LogP contribution is 2.46. The van der Waals surface area contributed by atoms with Crippen LogP contribution < -0.4 is 5.46 Å². The quantitative estimate of drug-likeness (QED) is 0.123. The van der Waals surface area contributed by atoms with Gasteiger partial charge in [-0.2, -0.15) is 0 Å². The van der Waals surface area contributed by atoms with Crippen molar-refractivity contribution in [1.29, 1.82) is 0 Å². The summed E-state index contributed by atoms with van der Waals surface area (Å²) in [5.41, 5.74) is 16.3. The van der Waals surface area contributed by atoms with Crippen LogP contribution in [0.4, 0.5) is 0 Å². The molecule has 0 radical (unpaired) electrons. The highest BCUT2D eigenvalue weighted by molar-refractivity contribution is 9.10. The average molecular weight is 1440 g/mol. The van der Waals surface area contributed by atoms with Crippen molar-refractivity contribution in [2.75, 3.05) is 0 Å². The lowest BCUT2D eigenvalue weighted by molar-refractivity contribution is 0.00578. The molecule has 14 aromatic rings. The van der Waals surface area contributed by atoms with Gasteiger partial charge in [0.05, 0.1) is 65.4 Å². The lowest BCUT2D eigenvalue weighted by Gasteiger charge is -2.32. The fraction of sp³-hybridized carbons (Fsp3) is 0.209. The van der Waals surface area contributed by atoms with Crippen molar-refractivity contribution in [3.8, 4) is 89.8 Å². The molecule has 0 N–H and O–H groups in total. The second-order valence-electron chi connectivity index (χ2n) is 29.4. The summed E-state index contributed by atoms with van der Waals surface area (Å²) in [6, 6.07) is 89.2. The summed E-state index contributed by atoms with van der Waals surface area (Å²) in [6.07, 6.45) is 0. The zero-order chi connectivity index (χ0) is 70.9. The number of hydrogen-bond acceptors (Lipinski definition) is 12. The van der Waals surface area contributed by atoms with Gasteiger partial charge < -0.3 is 27.9 Å². The molecule has 0 aliphatic carbocycles. The predicted octanol–water partition coefficient (Wildman–Crippen LogP) is 22.3. The van der Waals surface area contributed by atoms with E-state index in [9.17, 15) is 0 Å². The number of fused-ring (bicyclic) bond motifs is 6. The third kappa shape index (κ3) is 13.5. The van der Waals surface area contributed by atoms with Gasteiger partial charge in [0.1, 0.15) is 0 Å². The smallest absolute Gasteiger partial charge is 0.405 e. The molecule has 102 heavy (non-hydrogen) atoms. The summed E-state index contributed by atoms with van der Waals surface area (Å²) in [5, 5.41) is 2.34. The zero-order valence-corrected chi connectivity index (χ0v) is 62.6. The molecule has 506 valence electrons. The Hall–Kier alpha value is -8.77. The van der Waals surface area contributed by atoms with E-state index in [1.165, 1.54) is 36.9 Å². The van der Waals surface area contributed by atoms with Gasteiger partial charge in [0.15, 0.2) is 11.6 Å². The fourth-order valence-electron chi connectivity index (χ4n) is 12.9. The fourth-order valence-corrected chi connectivity index (χ4v) is 15.6. The van der Waals surface area contributed by atoms with Gasteiger partial charge in [-0.3, -0.25) is 0 Å².